The van der Waals surface area contributed by atoms with Gasteiger partial charge in [0.05, 0.1) is 0 Å². The number of halogens is 1. The highest BCUT2D eigenvalue weighted by atomic mass is 127. The molecule has 0 saturated carbocycles. The Morgan fingerprint density at radius 1 is 1.55 bits per heavy atom. The van der Waals surface area contributed by atoms with E-state index in [1.54, 1.807) is 0 Å². The van der Waals surface area contributed by atoms with Crippen LogP contribution in [0.2, 0.25) is 0 Å². The molecule has 1 nitrogen and oxygen atoms in total. The summed E-state index contributed by atoms with van der Waals surface area (Å²) in [4.78, 5) is 4.08. The minimum atomic E-state index is 1.05. The molecule has 0 spiro atoms. The van der Waals surface area contributed by atoms with E-state index in [-0.39, 0.29) is 0 Å². The minimum absolute atomic E-state index is 1.05. The molecule has 0 unspecified atom stereocenters. The Kier molecular flexibility index (Phi) is 3.30. The molecule has 1 rings (SSSR count). The summed E-state index contributed by atoms with van der Waals surface area (Å²) < 4.78 is 1.30. The lowest BCUT2D eigenvalue weighted by Crippen LogP contribution is -1.95. The van der Waals surface area contributed by atoms with Crippen LogP contribution in [-0.4, -0.2) is 4.98 Å². The van der Waals surface area contributed by atoms with Crippen LogP contribution in [0.15, 0.2) is 18.5 Å². The Balaban J connectivity index is 2.78. The van der Waals surface area contributed by atoms with Gasteiger partial charge in [0, 0.05) is 16.0 Å². The van der Waals surface area contributed by atoms with Crippen LogP contribution in [-0.2, 0) is 6.42 Å². The van der Waals surface area contributed by atoms with E-state index in [0.717, 1.165) is 6.42 Å². The van der Waals surface area contributed by atoms with Crippen molar-refractivity contribution in [2.75, 3.05) is 0 Å². The maximum absolute atomic E-state index is 4.08. The largest absolute Gasteiger partial charge is 0.264 e. The molecule has 0 aliphatic carbocycles. The Morgan fingerprint density at radius 2 is 2.27 bits per heavy atom. The number of aromatic nitrogens is 1. The molecule has 59 valence electrons. The van der Waals surface area contributed by atoms with Crippen molar-refractivity contribution < 1.29 is 0 Å². The fourth-order valence-electron chi connectivity index (χ4n) is 0.921. The van der Waals surface area contributed by atoms with Gasteiger partial charge < -0.3 is 0 Å². The first-order chi connectivity index (χ1) is 5.20. The van der Waals surface area contributed by atoms with Crippen molar-refractivity contribution in [1.82, 2.24) is 4.98 Å². The smallest absolute Gasteiger partial charge is 0.0310 e. The molecule has 0 aliphatic heterocycles. The molecule has 1 aromatic heterocycles. The van der Waals surface area contributed by atoms with Gasteiger partial charge in [0.25, 0.3) is 0 Å². The fourth-order valence-corrected chi connectivity index (χ4v) is 1.41. The van der Waals surface area contributed by atoms with Gasteiger partial charge >= 0.3 is 0 Å². The Morgan fingerprint density at radius 3 is 2.82 bits per heavy atom. The van der Waals surface area contributed by atoms with Crippen molar-refractivity contribution in [2.24, 2.45) is 0 Å². The van der Waals surface area contributed by atoms with Gasteiger partial charge in [0.2, 0.25) is 0 Å². The highest BCUT2D eigenvalue weighted by Crippen LogP contribution is 2.14. The summed E-state index contributed by atoms with van der Waals surface area (Å²) >= 11 is 2.34. The summed E-state index contributed by atoms with van der Waals surface area (Å²) in [7, 11) is 0. The molecule has 1 heterocycles. The van der Waals surface area contributed by atoms with Crippen LogP contribution in [0.3, 0.4) is 0 Å². The lowest BCUT2D eigenvalue weighted by molar-refractivity contribution is 0.942. The zero-order chi connectivity index (χ0) is 8.27. The molecule has 0 saturated heterocycles. The summed E-state index contributed by atoms with van der Waals surface area (Å²) in [6, 6.07) is 2.04. The Labute approximate surface area is 81.4 Å². The summed E-state index contributed by atoms with van der Waals surface area (Å²) in [5, 5.41) is 0. The van der Waals surface area contributed by atoms with E-state index in [4.69, 9.17) is 0 Å². The third-order valence-corrected chi connectivity index (χ3v) is 2.44. The van der Waals surface area contributed by atoms with Crippen LogP contribution in [0, 0.1) is 9.49 Å². The number of hydrogen-bond acceptors (Lipinski definition) is 1. The third kappa shape index (κ3) is 2.77. The van der Waals surface area contributed by atoms with Crippen LogP contribution >= 0.6 is 22.6 Å². The maximum atomic E-state index is 4.08. The molecule has 0 N–H and O–H groups in total. The van der Waals surface area contributed by atoms with Crippen molar-refractivity contribution in [3.63, 3.8) is 0 Å². The second-order valence-electron chi connectivity index (χ2n) is 2.85. The maximum Gasteiger partial charge on any atom is 0.0310 e. The van der Waals surface area contributed by atoms with Gasteiger partial charge in [-0.25, -0.2) is 0 Å². The minimum Gasteiger partial charge on any atom is -0.264 e. The first kappa shape index (κ1) is 8.97. The monoisotopic (exact) mass is 260 g/mol. The van der Waals surface area contributed by atoms with Gasteiger partial charge in [-0.15, -0.1) is 0 Å². The predicted molar refractivity (Wildman–Crippen MR) is 55.2 cm³/mol. The summed E-state index contributed by atoms with van der Waals surface area (Å²) in [5.41, 5.74) is 1.33. The summed E-state index contributed by atoms with van der Waals surface area (Å²) in [6.07, 6.45) is 4.82. The van der Waals surface area contributed by atoms with E-state index in [1.165, 1.54) is 15.1 Å². The van der Waals surface area contributed by atoms with E-state index in [2.05, 4.69) is 41.4 Å². The van der Waals surface area contributed by atoms with Gasteiger partial charge in [-0.1, -0.05) is 13.8 Å². The molecule has 0 fully saturated rings. The van der Waals surface area contributed by atoms with E-state index < -0.39 is 0 Å². The molecular weight excluding hydrogens is 249 g/mol. The molecule has 0 amide bonds. The number of nitrogens with zero attached hydrogens (tertiary/aromatic N) is 1. The third-order valence-electron chi connectivity index (χ3n) is 1.39. The topological polar surface area (TPSA) is 12.9 Å². The molecule has 1 aromatic rings. The fraction of sp³-hybridized carbons (Fsp3) is 0.333. The highest BCUT2D eigenvalue weighted by molar-refractivity contribution is 14.1. The Hall–Kier alpha value is -0.120. The number of hydrogen-bond donors (Lipinski definition) is 0. The zero-order valence-electron chi connectivity index (χ0n) is 6.76. The highest BCUT2D eigenvalue weighted by Gasteiger charge is 2.01. The van der Waals surface area contributed by atoms with Crippen LogP contribution in [0.4, 0.5) is 0 Å². The molecule has 0 aromatic carbocycles. The molecule has 0 atom stereocenters. The van der Waals surface area contributed by atoms with E-state index >= 15 is 0 Å². The lowest BCUT2D eigenvalue weighted by atomic mass is 10.1. The van der Waals surface area contributed by atoms with Gasteiger partial charge in [-0.05, 0) is 46.6 Å². The molecular formula is C9H11IN. The van der Waals surface area contributed by atoms with Crippen molar-refractivity contribution in [3.05, 3.63) is 33.5 Å². The normalized spacial score (nSPS) is 10.5. The van der Waals surface area contributed by atoms with Crippen molar-refractivity contribution >= 4 is 22.6 Å². The standard InChI is InChI=1S/C9H11IN/c1-7(2)5-8-6-11-4-3-9(8)10/h3-4,6H,5H2,1-2H3. The van der Waals surface area contributed by atoms with Crippen LogP contribution in [0.5, 0.6) is 0 Å². The Bertz CT molecular complexity index is 233. The van der Waals surface area contributed by atoms with Gasteiger partial charge in [-0.3, -0.25) is 4.98 Å². The molecule has 1 radical (unpaired) electrons. The van der Waals surface area contributed by atoms with Gasteiger partial charge in [0.1, 0.15) is 0 Å². The van der Waals surface area contributed by atoms with Crippen LogP contribution in [0.25, 0.3) is 0 Å². The van der Waals surface area contributed by atoms with Crippen LogP contribution < -0.4 is 0 Å². The first-order valence-corrected chi connectivity index (χ1v) is 4.65. The van der Waals surface area contributed by atoms with E-state index in [0.29, 0.717) is 0 Å². The van der Waals surface area contributed by atoms with Crippen molar-refractivity contribution in [1.29, 1.82) is 0 Å². The molecule has 0 aliphatic rings. The number of rotatable bonds is 2. The lowest BCUT2D eigenvalue weighted by Gasteiger charge is -2.04. The van der Waals surface area contributed by atoms with E-state index in [1.807, 2.05) is 18.5 Å². The molecule has 2 heteroatoms. The van der Waals surface area contributed by atoms with E-state index in [9.17, 15) is 0 Å². The average molecular weight is 260 g/mol. The molecule has 11 heavy (non-hydrogen) atoms. The van der Waals surface area contributed by atoms with Crippen molar-refractivity contribution in [2.45, 2.75) is 20.3 Å². The molecule has 0 bridgehead atoms. The summed E-state index contributed by atoms with van der Waals surface area (Å²) in [5.74, 6) is 1.43. The zero-order valence-corrected chi connectivity index (χ0v) is 8.92. The predicted octanol–water partition coefficient (Wildman–Crippen LogP) is 2.84. The summed E-state index contributed by atoms with van der Waals surface area (Å²) in [6.45, 7) is 4.28. The second-order valence-corrected chi connectivity index (χ2v) is 4.01. The van der Waals surface area contributed by atoms with Gasteiger partial charge in [0.15, 0.2) is 0 Å². The average Bonchev–Trinajstić information content (AvgIpc) is 1.93. The number of pyridine rings is 1. The first-order valence-electron chi connectivity index (χ1n) is 3.57. The second kappa shape index (κ2) is 4.04. The quantitative estimate of drug-likeness (QED) is 0.745. The SMILES string of the molecule is C[C](C)Cc1cnccc1I. The van der Waals surface area contributed by atoms with Crippen LogP contribution in [0.1, 0.15) is 19.4 Å². The van der Waals surface area contributed by atoms with Gasteiger partial charge in [-0.2, -0.15) is 0 Å². The van der Waals surface area contributed by atoms with Crippen molar-refractivity contribution in [3.8, 4) is 0 Å².